The van der Waals surface area contributed by atoms with Gasteiger partial charge in [-0.1, -0.05) is 23.2 Å². The predicted octanol–water partition coefficient (Wildman–Crippen LogP) is 3.27. The van der Waals surface area contributed by atoms with Gasteiger partial charge in [-0.05, 0) is 36.4 Å². The molecule has 156 valence electrons. The second-order valence-electron chi connectivity index (χ2n) is 6.88. The highest BCUT2D eigenvalue weighted by Crippen LogP contribution is 2.23. The van der Waals surface area contributed by atoms with Crippen LogP contribution >= 0.6 is 35.0 Å². The number of H-pyrrole nitrogens is 1. The van der Waals surface area contributed by atoms with Crippen LogP contribution in [0.15, 0.2) is 36.4 Å². The third-order valence-corrected chi connectivity index (χ3v) is 6.30. The molecule has 1 aromatic heterocycles. The molecule has 0 saturated carbocycles. The van der Waals surface area contributed by atoms with Gasteiger partial charge in [0.05, 0.1) is 33.5 Å². The van der Waals surface area contributed by atoms with Crippen molar-refractivity contribution >= 4 is 57.8 Å². The Morgan fingerprint density at radius 3 is 2.87 bits per heavy atom. The van der Waals surface area contributed by atoms with Crippen LogP contribution in [0.5, 0.6) is 0 Å². The fourth-order valence-electron chi connectivity index (χ4n) is 3.24. The van der Waals surface area contributed by atoms with Crippen LogP contribution in [0.3, 0.4) is 0 Å². The number of nitrogens with zero attached hydrogens (tertiary/aromatic N) is 2. The smallest absolute Gasteiger partial charge is 0.255 e. The topological polar surface area (TPSA) is 104 Å². The molecule has 0 bridgehead atoms. The highest BCUT2D eigenvalue weighted by atomic mass is 35.5. The number of rotatable bonds is 4. The zero-order valence-electron chi connectivity index (χ0n) is 15.8. The monoisotopic (exact) mass is 463 g/mol. The number of halogens is 2. The van der Waals surface area contributed by atoms with Gasteiger partial charge in [-0.2, -0.15) is 0 Å². The minimum atomic E-state index is -0.314. The highest BCUT2D eigenvalue weighted by Gasteiger charge is 2.24. The van der Waals surface area contributed by atoms with Crippen LogP contribution in [0.25, 0.3) is 11.0 Å². The fourth-order valence-corrected chi connectivity index (χ4v) is 4.59. The molecule has 30 heavy (non-hydrogen) atoms. The van der Waals surface area contributed by atoms with Crippen molar-refractivity contribution in [2.24, 2.45) is 5.73 Å². The summed E-state index contributed by atoms with van der Waals surface area (Å²) in [5.41, 5.74) is 8.22. The maximum atomic E-state index is 12.7. The van der Waals surface area contributed by atoms with Gasteiger partial charge in [0.1, 0.15) is 5.82 Å². The molecule has 0 spiro atoms. The normalized spacial score (nSPS) is 16.6. The van der Waals surface area contributed by atoms with Gasteiger partial charge in [0.25, 0.3) is 11.8 Å². The van der Waals surface area contributed by atoms with Gasteiger partial charge in [-0.3, -0.25) is 9.59 Å². The Balaban J connectivity index is 1.42. The summed E-state index contributed by atoms with van der Waals surface area (Å²) in [7, 11) is 0. The quantitative estimate of drug-likeness (QED) is 0.550. The van der Waals surface area contributed by atoms with Crippen LogP contribution in [-0.2, 0) is 6.54 Å². The molecule has 1 fully saturated rings. The van der Waals surface area contributed by atoms with Gasteiger partial charge in [0.2, 0.25) is 0 Å². The molecule has 1 aliphatic heterocycles. The number of benzene rings is 2. The Hall–Kier alpha value is -2.26. The van der Waals surface area contributed by atoms with E-state index in [1.807, 2.05) is 6.07 Å². The largest absolute Gasteiger partial charge is 0.345 e. The van der Waals surface area contributed by atoms with Gasteiger partial charge in [0, 0.05) is 29.4 Å². The van der Waals surface area contributed by atoms with Gasteiger partial charge in [-0.15, -0.1) is 11.8 Å². The Labute approximate surface area is 187 Å². The number of imidazole rings is 1. The first kappa shape index (κ1) is 21.0. The lowest BCUT2D eigenvalue weighted by Gasteiger charge is -2.30. The van der Waals surface area contributed by atoms with Crippen LogP contribution in [-0.4, -0.2) is 50.9 Å². The van der Waals surface area contributed by atoms with E-state index in [1.165, 1.54) is 6.07 Å². The van der Waals surface area contributed by atoms with E-state index in [4.69, 9.17) is 28.9 Å². The average molecular weight is 464 g/mol. The SMILES string of the molecule is NC1CN(C(=O)c2ccc(C(=O)NCc3nc4ccc(Cl)cc4[nH]3)cc2Cl)CCS1. The molecule has 1 saturated heterocycles. The molecule has 0 radical (unpaired) electrons. The second-order valence-corrected chi connectivity index (χ2v) is 9.07. The zero-order valence-corrected chi connectivity index (χ0v) is 18.2. The number of thioether (sulfide) groups is 1. The summed E-state index contributed by atoms with van der Waals surface area (Å²) < 4.78 is 0. The molecular formula is C20H19Cl2N5O2S. The van der Waals surface area contributed by atoms with Crippen molar-refractivity contribution in [3.63, 3.8) is 0 Å². The maximum Gasteiger partial charge on any atom is 0.255 e. The number of nitrogens with two attached hydrogens (primary N) is 1. The summed E-state index contributed by atoms with van der Waals surface area (Å²) in [4.78, 5) is 34.5. The highest BCUT2D eigenvalue weighted by molar-refractivity contribution is 7.99. The summed E-state index contributed by atoms with van der Waals surface area (Å²) in [6, 6.07) is 10.0. The third kappa shape index (κ3) is 4.57. The number of carbonyl (C=O) groups excluding carboxylic acids is 2. The average Bonchev–Trinajstić information content (AvgIpc) is 3.13. The number of amides is 2. The molecule has 3 aromatic rings. The van der Waals surface area contributed by atoms with Crippen LogP contribution in [0.4, 0.5) is 0 Å². The number of aromatic amines is 1. The number of nitrogens with one attached hydrogen (secondary N) is 2. The first-order valence-electron chi connectivity index (χ1n) is 9.29. The van der Waals surface area contributed by atoms with E-state index in [-0.39, 0.29) is 28.8 Å². The van der Waals surface area contributed by atoms with Crippen molar-refractivity contribution in [2.45, 2.75) is 11.9 Å². The van der Waals surface area contributed by atoms with Gasteiger partial charge < -0.3 is 20.9 Å². The number of hydrogen-bond donors (Lipinski definition) is 3. The van der Waals surface area contributed by atoms with Gasteiger partial charge in [-0.25, -0.2) is 4.98 Å². The first-order chi connectivity index (χ1) is 14.4. The number of carbonyl (C=O) groups is 2. The lowest BCUT2D eigenvalue weighted by atomic mass is 10.1. The second kappa shape index (κ2) is 8.85. The van der Waals surface area contributed by atoms with E-state index < -0.39 is 0 Å². The Bertz CT molecular complexity index is 1120. The Kier molecular flexibility index (Phi) is 6.19. The molecule has 2 amide bonds. The van der Waals surface area contributed by atoms with Crippen LogP contribution in [0.2, 0.25) is 10.0 Å². The minimum Gasteiger partial charge on any atom is -0.345 e. The number of aromatic nitrogens is 2. The summed E-state index contributed by atoms with van der Waals surface area (Å²) >= 11 is 13.9. The van der Waals surface area contributed by atoms with Crippen molar-refractivity contribution in [1.29, 1.82) is 0 Å². The summed E-state index contributed by atoms with van der Waals surface area (Å²) in [6.07, 6.45) is 0. The fraction of sp³-hybridized carbons (Fsp3) is 0.250. The first-order valence-corrected chi connectivity index (χ1v) is 11.1. The van der Waals surface area contributed by atoms with Crippen LogP contribution < -0.4 is 11.1 Å². The molecular weight excluding hydrogens is 445 g/mol. The van der Waals surface area contributed by atoms with E-state index in [9.17, 15) is 9.59 Å². The van der Waals surface area contributed by atoms with Crippen LogP contribution in [0, 0.1) is 0 Å². The van der Waals surface area contributed by atoms with E-state index in [2.05, 4.69) is 15.3 Å². The number of hydrogen-bond acceptors (Lipinski definition) is 5. The molecule has 4 rings (SSSR count). The van der Waals surface area contributed by atoms with Crippen molar-refractivity contribution < 1.29 is 9.59 Å². The minimum absolute atomic E-state index is 0.0965. The molecule has 1 unspecified atom stereocenters. The van der Waals surface area contributed by atoms with Crippen molar-refractivity contribution in [3.05, 3.63) is 63.4 Å². The van der Waals surface area contributed by atoms with E-state index in [0.29, 0.717) is 35.1 Å². The summed E-state index contributed by atoms with van der Waals surface area (Å²) in [5, 5.41) is 3.54. The van der Waals surface area contributed by atoms with Crippen molar-refractivity contribution in [3.8, 4) is 0 Å². The number of fused-ring (bicyclic) bond motifs is 1. The molecule has 10 heteroatoms. The molecule has 1 aliphatic rings. The molecule has 2 aromatic carbocycles. The van der Waals surface area contributed by atoms with Crippen molar-refractivity contribution in [1.82, 2.24) is 20.2 Å². The lowest BCUT2D eigenvalue weighted by molar-refractivity contribution is 0.0761. The predicted molar refractivity (Wildman–Crippen MR) is 120 cm³/mol. The van der Waals surface area contributed by atoms with Crippen LogP contribution in [0.1, 0.15) is 26.5 Å². The van der Waals surface area contributed by atoms with Crippen molar-refractivity contribution in [2.75, 3.05) is 18.8 Å². The van der Waals surface area contributed by atoms with E-state index >= 15 is 0 Å². The van der Waals surface area contributed by atoms with E-state index in [0.717, 1.165) is 16.8 Å². The molecule has 7 nitrogen and oxygen atoms in total. The van der Waals surface area contributed by atoms with Gasteiger partial charge in [0.15, 0.2) is 0 Å². The summed E-state index contributed by atoms with van der Waals surface area (Å²) in [6.45, 7) is 1.32. The molecule has 4 N–H and O–H groups in total. The van der Waals surface area contributed by atoms with E-state index in [1.54, 1.807) is 40.9 Å². The standard InChI is InChI=1S/C20H19Cl2N5O2S/c21-12-2-4-15-16(8-12)26-18(25-15)9-24-19(28)11-1-3-13(14(22)7-11)20(29)27-5-6-30-17(23)10-27/h1-4,7-8,17H,5-6,9-10,23H2,(H,24,28)(H,25,26). The Morgan fingerprint density at radius 1 is 1.27 bits per heavy atom. The lowest BCUT2D eigenvalue weighted by Crippen LogP contribution is -2.45. The maximum absolute atomic E-state index is 12.7. The zero-order chi connectivity index (χ0) is 21.3. The Morgan fingerprint density at radius 2 is 2.10 bits per heavy atom. The summed E-state index contributed by atoms with van der Waals surface area (Å²) in [5.74, 6) is 0.909. The molecule has 2 heterocycles. The third-order valence-electron chi connectivity index (χ3n) is 4.75. The molecule has 1 atom stereocenters. The van der Waals surface area contributed by atoms with Gasteiger partial charge >= 0.3 is 0 Å². The molecule has 0 aliphatic carbocycles.